The number of hydrogen-bond donors (Lipinski definition) is 5. The molecule has 0 saturated carbocycles. The highest BCUT2D eigenvalue weighted by atomic mass is 32.3. The van der Waals surface area contributed by atoms with Gasteiger partial charge in [-0.15, -0.1) is 0 Å². The van der Waals surface area contributed by atoms with Crippen LogP contribution in [-0.2, 0) is 40.9 Å². The fourth-order valence-electron chi connectivity index (χ4n) is 1.35. The van der Waals surface area contributed by atoms with Gasteiger partial charge in [0.15, 0.2) is 11.1 Å². The van der Waals surface area contributed by atoms with Crippen molar-refractivity contribution in [1.82, 2.24) is 0 Å². The van der Waals surface area contributed by atoms with Crippen molar-refractivity contribution in [3.05, 3.63) is 0 Å². The van der Waals surface area contributed by atoms with Crippen molar-refractivity contribution in [2.45, 2.75) is 8.16 Å². The van der Waals surface area contributed by atoms with Crippen LogP contribution in [0.1, 0.15) is 0 Å². The molecule has 0 aromatic carbocycles. The lowest BCUT2D eigenvalue weighted by Gasteiger charge is -2.34. The first-order chi connectivity index (χ1) is 9.64. The third kappa shape index (κ3) is 2.58. The fraction of sp³-hybridized carbons (Fsp3) is 0.400. The van der Waals surface area contributed by atoms with Crippen molar-refractivity contribution >= 4 is 55.0 Å². The molecule has 0 saturated heterocycles. The summed E-state index contributed by atoms with van der Waals surface area (Å²) in [5.41, 5.74) is 0. The first-order valence-corrected chi connectivity index (χ1v) is 9.03. The Labute approximate surface area is 128 Å². The van der Waals surface area contributed by atoms with Gasteiger partial charge < -0.3 is 14.8 Å². The van der Waals surface area contributed by atoms with E-state index >= 15 is 0 Å². The van der Waals surface area contributed by atoms with Crippen LogP contribution in [0.2, 0.25) is 0 Å². The standard InChI is InChI=1S/C5H5NO12S4/c6-1-19-4(2(7)8,21(13,14)15)5(3(9)10,20(11)12)22(16,17)18/h(H,7,8)(H,9,10)(H,11,12)(H,13,14,15)(H,16,17,18). The van der Waals surface area contributed by atoms with E-state index in [2.05, 4.69) is 0 Å². The molecule has 0 bridgehead atoms. The van der Waals surface area contributed by atoms with Crippen LogP contribution in [0.5, 0.6) is 0 Å². The van der Waals surface area contributed by atoms with E-state index in [1.807, 2.05) is 0 Å². The van der Waals surface area contributed by atoms with Crippen LogP contribution in [0.3, 0.4) is 0 Å². The SMILES string of the molecule is N#CSC(C(=O)O)(C(C(=O)O)(S(=O)O)S(=O)(=O)O)S(=O)(=O)O. The zero-order valence-electron chi connectivity index (χ0n) is 9.67. The van der Waals surface area contributed by atoms with Gasteiger partial charge in [-0.2, -0.15) is 22.1 Å². The van der Waals surface area contributed by atoms with Gasteiger partial charge in [-0.1, -0.05) is 0 Å². The number of nitriles is 1. The van der Waals surface area contributed by atoms with E-state index < -0.39 is 63.2 Å². The summed E-state index contributed by atoms with van der Waals surface area (Å²) in [4.78, 5) is 22.3. The molecule has 3 atom stereocenters. The molecular weight excluding hydrogens is 394 g/mol. The Bertz CT molecular complexity index is 759. The number of aliphatic carboxylic acids is 2. The van der Waals surface area contributed by atoms with Crippen LogP contribution in [0, 0.1) is 10.7 Å². The molecule has 13 nitrogen and oxygen atoms in total. The highest BCUT2D eigenvalue weighted by molar-refractivity contribution is 8.20. The maximum Gasteiger partial charge on any atom is 0.346 e. The Morgan fingerprint density at radius 3 is 1.59 bits per heavy atom. The number of carboxylic acids is 2. The van der Waals surface area contributed by atoms with Gasteiger partial charge in [0.2, 0.25) is 0 Å². The molecule has 0 spiro atoms. The summed E-state index contributed by atoms with van der Waals surface area (Å²) in [5.74, 6) is -6.11. The van der Waals surface area contributed by atoms with E-state index in [4.69, 9.17) is 29.1 Å². The van der Waals surface area contributed by atoms with E-state index in [0.29, 0.717) is 5.40 Å². The highest BCUT2D eigenvalue weighted by Gasteiger charge is 2.81. The number of carboxylic acid groups (broad SMARTS) is 2. The average Bonchev–Trinajstić information content (AvgIpc) is 2.23. The van der Waals surface area contributed by atoms with Crippen molar-refractivity contribution in [3.63, 3.8) is 0 Å². The number of carbonyl (C=O) groups is 2. The van der Waals surface area contributed by atoms with Crippen molar-refractivity contribution in [1.29, 1.82) is 5.26 Å². The molecule has 0 heterocycles. The minimum atomic E-state index is -6.47. The van der Waals surface area contributed by atoms with Gasteiger partial charge in [0.1, 0.15) is 5.40 Å². The molecule has 0 amide bonds. The lowest BCUT2D eigenvalue weighted by Crippen LogP contribution is -2.70. The van der Waals surface area contributed by atoms with Gasteiger partial charge in [-0.25, -0.2) is 13.8 Å². The van der Waals surface area contributed by atoms with Crippen LogP contribution >= 0.6 is 11.8 Å². The van der Waals surface area contributed by atoms with Crippen molar-refractivity contribution in [3.8, 4) is 5.40 Å². The van der Waals surface area contributed by atoms with Crippen LogP contribution in [0.4, 0.5) is 0 Å². The molecule has 0 aromatic rings. The maximum absolute atomic E-state index is 11.3. The molecule has 126 valence electrons. The first-order valence-electron chi connectivity index (χ1n) is 4.23. The zero-order chi connectivity index (χ0) is 18.1. The van der Waals surface area contributed by atoms with Crippen LogP contribution < -0.4 is 0 Å². The Kier molecular flexibility index (Phi) is 5.72. The van der Waals surface area contributed by atoms with E-state index in [9.17, 15) is 30.6 Å². The van der Waals surface area contributed by atoms with E-state index in [0.717, 1.165) is 0 Å². The average molecular weight is 399 g/mol. The molecule has 0 rings (SSSR count). The molecule has 0 aliphatic carbocycles. The molecule has 0 radical (unpaired) electrons. The molecule has 22 heavy (non-hydrogen) atoms. The summed E-state index contributed by atoms with van der Waals surface area (Å²) in [5, 5.41) is 26.9. The summed E-state index contributed by atoms with van der Waals surface area (Å²) < 4.78 is 73.6. The topological polar surface area (TPSA) is 244 Å². The Balaban J connectivity index is 7.64. The zero-order valence-corrected chi connectivity index (χ0v) is 12.9. The van der Waals surface area contributed by atoms with E-state index in [1.54, 1.807) is 0 Å². The predicted molar refractivity (Wildman–Crippen MR) is 67.8 cm³/mol. The second kappa shape index (κ2) is 6.07. The van der Waals surface area contributed by atoms with E-state index in [1.165, 1.54) is 0 Å². The lowest BCUT2D eigenvalue weighted by molar-refractivity contribution is -0.145. The molecule has 17 heteroatoms. The van der Waals surface area contributed by atoms with Crippen LogP contribution in [0.25, 0.3) is 0 Å². The predicted octanol–water partition coefficient (Wildman–Crippen LogP) is -2.24. The smallest absolute Gasteiger partial charge is 0.346 e. The minimum absolute atomic E-state index is 0.696. The Morgan fingerprint density at radius 1 is 1.05 bits per heavy atom. The second-order valence-corrected chi connectivity index (χ2v) is 8.99. The number of hydrogen-bond acceptors (Lipinski definition) is 9. The van der Waals surface area contributed by atoms with Gasteiger partial charge in [0, 0.05) is 0 Å². The number of nitrogens with zero attached hydrogens (tertiary/aromatic N) is 1. The van der Waals surface area contributed by atoms with E-state index in [-0.39, 0.29) is 0 Å². The number of thiocyanates is 1. The van der Waals surface area contributed by atoms with Crippen molar-refractivity contribution in [2.75, 3.05) is 0 Å². The van der Waals surface area contributed by atoms with Gasteiger partial charge >= 0.3 is 16.0 Å². The van der Waals surface area contributed by atoms with Gasteiger partial charge in [-0.3, -0.25) is 9.11 Å². The summed E-state index contributed by atoms with van der Waals surface area (Å²) in [6.07, 6.45) is 0. The second-order valence-electron chi connectivity index (χ2n) is 3.24. The summed E-state index contributed by atoms with van der Waals surface area (Å²) in [6, 6.07) is 0. The third-order valence-corrected chi connectivity index (χ3v) is 8.86. The Morgan fingerprint density at radius 2 is 1.45 bits per heavy atom. The quantitative estimate of drug-likeness (QED) is 0.172. The minimum Gasteiger partial charge on any atom is -0.479 e. The number of thioether (sulfide) groups is 1. The summed E-state index contributed by atoms with van der Waals surface area (Å²) >= 11 is -5.60. The molecule has 0 aliphatic rings. The monoisotopic (exact) mass is 399 g/mol. The van der Waals surface area contributed by atoms with Gasteiger partial charge in [0.05, 0.1) is 0 Å². The third-order valence-electron chi connectivity index (χ3n) is 2.16. The Hall–Kier alpha value is -1.29. The first kappa shape index (κ1) is 20.7. The highest BCUT2D eigenvalue weighted by Crippen LogP contribution is 2.47. The maximum atomic E-state index is 11.3. The van der Waals surface area contributed by atoms with Gasteiger partial charge in [0.25, 0.3) is 24.3 Å². The summed E-state index contributed by atoms with van der Waals surface area (Å²) in [6.45, 7) is 0. The number of rotatable bonds is 7. The summed E-state index contributed by atoms with van der Waals surface area (Å²) in [7, 11) is -12.8. The van der Waals surface area contributed by atoms with Crippen molar-refractivity contribution < 1.29 is 54.5 Å². The molecule has 0 aliphatic heterocycles. The fourth-order valence-corrected chi connectivity index (χ4v) is 6.74. The van der Waals surface area contributed by atoms with Crippen LogP contribution in [0.15, 0.2) is 0 Å². The normalized spacial score (nSPS) is 19.2. The largest absolute Gasteiger partial charge is 0.479 e. The van der Waals surface area contributed by atoms with Crippen LogP contribution in [-0.4, -0.2) is 65.0 Å². The molecule has 5 N–H and O–H groups in total. The van der Waals surface area contributed by atoms with Gasteiger partial charge in [-0.05, 0) is 11.8 Å². The lowest BCUT2D eigenvalue weighted by atomic mass is 10.3. The van der Waals surface area contributed by atoms with Crippen molar-refractivity contribution in [2.24, 2.45) is 0 Å². The molecule has 0 aromatic heterocycles. The molecular formula is C5H5NO12S4. The molecule has 3 unspecified atom stereocenters. The molecule has 0 fully saturated rings.